The van der Waals surface area contributed by atoms with Crippen LogP contribution in [0.1, 0.15) is 20.3 Å². The van der Waals surface area contributed by atoms with Gasteiger partial charge in [0.2, 0.25) is 5.91 Å². The minimum Gasteiger partial charge on any atom is -0.368 e. The molecule has 0 aromatic carbocycles. The molecule has 1 aliphatic rings. The first kappa shape index (κ1) is 10.4. The quantitative estimate of drug-likeness (QED) is 0.716. The van der Waals surface area contributed by atoms with Crippen molar-refractivity contribution in [3.8, 4) is 0 Å². The van der Waals surface area contributed by atoms with Crippen LogP contribution in [0.4, 0.5) is 4.39 Å². The van der Waals surface area contributed by atoms with Gasteiger partial charge in [-0.05, 0) is 19.3 Å². The monoisotopic (exact) mass is 189 g/mol. The van der Waals surface area contributed by atoms with Crippen LogP contribution in [-0.4, -0.2) is 31.3 Å². The van der Waals surface area contributed by atoms with Crippen molar-refractivity contribution in [2.75, 3.05) is 13.3 Å². The summed E-state index contributed by atoms with van der Waals surface area (Å²) in [5.74, 6) is 0.0574. The number of halogens is 1. The highest BCUT2D eigenvalue weighted by Crippen LogP contribution is 2.19. The molecule has 3 unspecified atom stereocenters. The summed E-state index contributed by atoms with van der Waals surface area (Å²) in [4.78, 5) is 11.4. The Morgan fingerprint density at radius 2 is 2.46 bits per heavy atom. The molecule has 76 valence electrons. The zero-order valence-corrected chi connectivity index (χ0v) is 8.05. The Labute approximate surface area is 77.6 Å². The Hall–Kier alpha value is -0.640. The fourth-order valence-electron chi connectivity index (χ4n) is 1.39. The molecule has 0 bridgehead atoms. The first-order chi connectivity index (χ1) is 6.15. The Kier molecular flexibility index (Phi) is 3.66. The predicted octanol–water partition coefficient (Wildman–Crippen LogP) is 0.886. The van der Waals surface area contributed by atoms with Crippen molar-refractivity contribution in [3.63, 3.8) is 0 Å². The molecule has 0 saturated carbocycles. The fraction of sp³-hybridized carbons (Fsp3) is 0.889. The zero-order valence-electron chi connectivity index (χ0n) is 8.05. The van der Waals surface area contributed by atoms with Gasteiger partial charge in [-0.1, -0.05) is 6.92 Å². The smallest absolute Gasteiger partial charge is 0.249 e. The van der Waals surface area contributed by atoms with Gasteiger partial charge >= 0.3 is 0 Å². The van der Waals surface area contributed by atoms with Crippen molar-refractivity contribution in [3.05, 3.63) is 0 Å². The summed E-state index contributed by atoms with van der Waals surface area (Å²) in [5, 5.41) is 2.56. The lowest BCUT2D eigenvalue weighted by molar-refractivity contribution is -0.132. The predicted molar refractivity (Wildman–Crippen MR) is 47.1 cm³/mol. The topological polar surface area (TPSA) is 38.3 Å². The Balaban J connectivity index is 2.38. The molecular weight excluding hydrogens is 173 g/mol. The molecule has 0 radical (unpaired) electrons. The molecule has 4 heteroatoms. The van der Waals surface area contributed by atoms with E-state index < -0.39 is 12.7 Å². The van der Waals surface area contributed by atoms with Gasteiger partial charge in [-0.2, -0.15) is 0 Å². The number of ether oxygens (including phenoxy) is 1. The van der Waals surface area contributed by atoms with Crippen molar-refractivity contribution in [2.45, 2.75) is 32.4 Å². The van der Waals surface area contributed by atoms with Crippen molar-refractivity contribution in [2.24, 2.45) is 5.92 Å². The molecule has 1 amide bonds. The van der Waals surface area contributed by atoms with Crippen LogP contribution in [0.15, 0.2) is 0 Å². The van der Waals surface area contributed by atoms with E-state index in [4.69, 9.17) is 4.74 Å². The van der Waals surface area contributed by atoms with E-state index >= 15 is 0 Å². The van der Waals surface area contributed by atoms with Gasteiger partial charge < -0.3 is 10.1 Å². The highest BCUT2D eigenvalue weighted by molar-refractivity contribution is 5.81. The SMILES string of the molecule is CC(CF)NC(=O)C1OCCC1C. The molecule has 3 atom stereocenters. The lowest BCUT2D eigenvalue weighted by Gasteiger charge is -2.16. The molecular formula is C9H16FNO2. The van der Waals surface area contributed by atoms with Gasteiger partial charge in [0.15, 0.2) is 0 Å². The maximum absolute atomic E-state index is 12.1. The number of carbonyl (C=O) groups excluding carboxylic acids is 1. The van der Waals surface area contributed by atoms with Crippen molar-refractivity contribution >= 4 is 5.91 Å². The molecule has 1 aliphatic heterocycles. The number of alkyl halides is 1. The van der Waals surface area contributed by atoms with E-state index in [0.717, 1.165) is 6.42 Å². The van der Waals surface area contributed by atoms with E-state index in [-0.39, 0.29) is 17.9 Å². The second-order valence-corrected chi connectivity index (χ2v) is 3.62. The third kappa shape index (κ3) is 2.66. The lowest BCUT2D eigenvalue weighted by atomic mass is 10.0. The second kappa shape index (κ2) is 4.56. The van der Waals surface area contributed by atoms with E-state index in [1.807, 2.05) is 6.92 Å². The van der Waals surface area contributed by atoms with Crippen LogP contribution in [0.25, 0.3) is 0 Å². The molecule has 3 nitrogen and oxygen atoms in total. The van der Waals surface area contributed by atoms with E-state index in [2.05, 4.69) is 5.32 Å². The summed E-state index contributed by atoms with van der Waals surface area (Å²) in [6.07, 6.45) is 0.524. The third-order valence-corrected chi connectivity index (χ3v) is 2.27. The fourth-order valence-corrected chi connectivity index (χ4v) is 1.39. The Morgan fingerprint density at radius 1 is 1.77 bits per heavy atom. The molecule has 1 heterocycles. The van der Waals surface area contributed by atoms with Crippen LogP contribution in [0, 0.1) is 5.92 Å². The number of hydrogen-bond acceptors (Lipinski definition) is 2. The molecule has 0 spiro atoms. The third-order valence-electron chi connectivity index (χ3n) is 2.27. The maximum atomic E-state index is 12.1. The highest BCUT2D eigenvalue weighted by atomic mass is 19.1. The zero-order chi connectivity index (χ0) is 9.84. The lowest BCUT2D eigenvalue weighted by Crippen LogP contribution is -2.42. The van der Waals surface area contributed by atoms with Crippen LogP contribution < -0.4 is 5.32 Å². The Morgan fingerprint density at radius 3 is 2.92 bits per heavy atom. The molecule has 1 N–H and O–H groups in total. The van der Waals surface area contributed by atoms with Crippen molar-refractivity contribution in [1.29, 1.82) is 0 Å². The van der Waals surface area contributed by atoms with Crippen LogP contribution in [-0.2, 0) is 9.53 Å². The number of carbonyl (C=O) groups is 1. The molecule has 1 rings (SSSR count). The van der Waals surface area contributed by atoms with Gasteiger partial charge in [0.1, 0.15) is 12.8 Å². The standard InChI is InChI=1S/C9H16FNO2/c1-6-3-4-13-8(6)9(12)11-7(2)5-10/h6-8H,3-5H2,1-2H3,(H,11,12). The normalized spacial score (nSPS) is 30.1. The van der Waals surface area contributed by atoms with Gasteiger partial charge in [-0.15, -0.1) is 0 Å². The van der Waals surface area contributed by atoms with Crippen LogP contribution >= 0.6 is 0 Å². The van der Waals surface area contributed by atoms with Gasteiger partial charge in [0, 0.05) is 6.61 Å². The van der Waals surface area contributed by atoms with Crippen LogP contribution in [0.3, 0.4) is 0 Å². The largest absolute Gasteiger partial charge is 0.368 e. The number of hydrogen-bond donors (Lipinski definition) is 1. The maximum Gasteiger partial charge on any atom is 0.249 e. The molecule has 13 heavy (non-hydrogen) atoms. The average Bonchev–Trinajstić information content (AvgIpc) is 2.51. The minimum atomic E-state index is -0.535. The summed E-state index contributed by atoms with van der Waals surface area (Å²) < 4.78 is 17.3. The summed E-state index contributed by atoms with van der Waals surface area (Å²) >= 11 is 0. The van der Waals surface area contributed by atoms with Crippen molar-refractivity contribution < 1.29 is 13.9 Å². The first-order valence-electron chi connectivity index (χ1n) is 4.63. The van der Waals surface area contributed by atoms with Gasteiger partial charge in [0.05, 0.1) is 6.04 Å². The van der Waals surface area contributed by atoms with E-state index in [9.17, 15) is 9.18 Å². The summed E-state index contributed by atoms with van der Waals surface area (Å²) in [5.41, 5.74) is 0. The average molecular weight is 189 g/mol. The van der Waals surface area contributed by atoms with E-state index in [1.54, 1.807) is 6.92 Å². The van der Waals surface area contributed by atoms with Crippen molar-refractivity contribution in [1.82, 2.24) is 5.32 Å². The molecule has 1 fully saturated rings. The van der Waals surface area contributed by atoms with E-state index in [1.165, 1.54) is 0 Å². The molecule has 0 aliphatic carbocycles. The minimum absolute atomic E-state index is 0.185. The summed E-state index contributed by atoms with van der Waals surface area (Å²) in [7, 11) is 0. The Bertz CT molecular complexity index is 186. The molecule has 0 aromatic heterocycles. The number of amides is 1. The highest BCUT2D eigenvalue weighted by Gasteiger charge is 2.31. The molecule has 0 aromatic rings. The second-order valence-electron chi connectivity index (χ2n) is 3.62. The van der Waals surface area contributed by atoms with Crippen LogP contribution in [0.2, 0.25) is 0 Å². The first-order valence-corrected chi connectivity index (χ1v) is 4.63. The summed E-state index contributed by atoms with van der Waals surface area (Å²) in [6, 6.07) is -0.413. The summed E-state index contributed by atoms with van der Waals surface area (Å²) in [6.45, 7) is 3.70. The number of rotatable bonds is 3. The van der Waals surface area contributed by atoms with Crippen LogP contribution in [0.5, 0.6) is 0 Å². The van der Waals surface area contributed by atoms with Gasteiger partial charge in [-0.25, -0.2) is 4.39 Å². The number of nitrogens with one attached hydrogen (secondary N) is 1. The van der Waals surface area contributed by atoms with Gasteiger partial charge in [-0.3, -0.25) is 4.79 Å². The molecule has 1 saturated heterocycles. The van der Waals surface area contributed by atoms with E-state index in [0.29, 0.717) is 6.61 Å². The van der Waals surface area contributed by atoms with Gasteiger partial charge in [0.25, 0.3) is 0 Å².